The van der Waals surface area contributed by atoms with E-state index in [1.54, 1.807) is 0 Å². The highest BCUT2D eigenvalue weighted by atomic mass is 79.9. The van der Waals surface area contributed by atoms with Crippen LogP contribution in [0.4, 0.5) is 5.69 Å². The Morgan fingerprint density at radius 1 is 1.17 bits per heavy atom. The fourth-order valence-electron chi connectivity index (χ4n) is 1.89. The molecule has 1 nitrogen and oxygen atoms in total. The van der Waals surface area contributed by atoms with Gasteiger partial charge in [-0.15, -0.1) is 0 Å². The number of rotatable bonds is 3. The van der Waals surface area contributed by atoms with Crippen molar-refractivity contribution in [1.82, 2.24) is 0 Å². The van der Waals surface area contributed by atoms with Gasteiger partial charge in [-0.05, 0) is 43.2 Å². The van der Waals surface area contributed by atoms with Crippen LogP contribution in [-0.4, -0.2) is 0 Å². The summed E-state index contributed by atoms with van der Waals surface area (Å²) >= 11 is 9.70. The molecule has 0 bridgehead atoms. The molecule has 0 saturated carbocycles. The van der Waals surface area contributed by atoms with Crippen molar-refractivity contribution in [1.29, 1.82) is 0 Å². The Bertz CT molecular complexity index is 554. The van der Waals surface area contributed by atoms with Crippen LogP contribution < -0.4 is 5.32 Å². The molecule has 0 aliphatic rings. The Morgan fingerprint density at radius 3 is 2.61 bits per heavy atom. The van der Waals surface area contributed by atoms with Crippen molar-refractivity contribution in [2.45, 2.75) is 19.9 Å². The maximum atomic E-state index is 6.21. The van der Waals surface area contributed by atoms with E-state index >= 15 is 0 Å². The van der Waals surface area contributed by atoms with Crippen molar-refractivity contribution in [2.24, 2.45) is 0 Å². The highest BCUT2D eigenvalue weighted by molar-refractivity contribution is 9.10. The summed E-state index contributed by atoms with van der Waals surface area (Å²) in [6.07, 6.45) is 0. The van der Waals surface area contributed by atoms with E-state index in [0.29, 0.717) is 0 Å². The minimum Gasteiger partial charge on any atom is -0.378 e. The summed E-state index contributed by atoms with van der Waals surface area (Å²) in [5.41, 5.74) is 3.45. The van der Waals surface area contributed by atoms with Gasteiger partial charge in [-0.1, -0.05) is 51.8 Å². The first kappa shape index (κ1) is 13.4. The Hall–Kier alpha value is -0.990. The van der Waals surface area contributed by atoms with Crippen molar-refractivity contribution in [3.63, 3.8) is 0 Å². The van der Waals surface area contributed by atoms with E-state index in [-0.39, 0.29) is 6.04 Å². The van der Waals surface area contributed by atoms with E-state index in [4.69, 9.17) is 11.6 Å². The number of aryl methyl sites for hydroxylation is 1. The molecule has 0 aliphatic heterocycles. The molecular formula is C15H15BrClN. The van der Waals surface area contributed by atoms with Gasteiger partial charge < -0.3 is 5.32 Å². The fraction of sp³-hybridized carbons (Fsp3) is 0.200. The van der Waals surface area contributed by atoms with Gasteiger partial charge in [0.05, 0.1) is 0 Å². The van der Waals surface area contributed by atoms with E-state index in [9.17, 15) is 0 Å². The summed E-state index contributed by atoms with van der Waals surface area (Å²) in [7, 11) is 0. The summed E-state index contributed by atoms with van der Waals surface area (Å²) in [5, 5.41) is 4.29. The molecule has 0 aliphatic carbocycles. The van der Waals surface area contributed by atoms with E-state index in [1.165, 1.54) is 5.56 Å². The second-order valence-electron chi connectivity index (χ2n) is 4.35. The molecule has 3 heteroatoms. The van der Waals surface area contributed by atoms with Gasteiger partial charge in [-0.2, -0.15) is 0 Å². The molecule has 0 heterocycles. The van der Waals surface area contributed by atoms with Gasteiger partial charge in [-0.25, -0.2) is 0 Å². The summed E-state index contributed by atoms with van der Waals surface area (Å²) < 4.78 is 1.07. The van der Waals surface area contributed by atoms with Gasteiger partial charge >= 0.3 is 0 Å². The zero-order valence-electron chi connectivity index (χ0n) is 10.4. The van der Waals surface area contributed by atoms with Crippen LogP contribution >= 0.6 is 27.5 Å². The molecule has 0 saturated heterocycles. The van der Waals surface area contributed by atoms with Gasteiger partial charge in [0.2, 0.25) is 0 Å². The maximum Gasteiger partial charge on any atom is 0.0500 e. The van der Waals surface area contributed by atoms with Crippen LogP contribution in [-0.2, 0) is 0 Å². The molecule has 0 radical (unpaired) electrons. The molecule has 18 heavy (non-hydrogen) atoms. The average Bonchev–Trinajstić information content (AvgIpc) is 2.34. The van der Waals surface area contributed by atoms with E-state index in [0.717, 1.165) is 20.7 Å². The molecule has 0 amide bonds. The van der Waals surface area contributed by atoms with E-state index in [1.807, 2.05) is 30.3 Å². The number of hydrogen-bond donors (Lipinski definition) is 1. The minimum atomic E-state index is 0.173. The monoisotopic (exact) mass is 323 g/mol. The summed E-state index contributed by atoms with van der Waals surface area (Å²) in [5.74, 6) is 0. The quantitative estimate of drug-likeness (QED) is 0.776. The van der Waals surface area contributed by atoms with Crippen molar-refractivity contribution in [2.75, 3.05) is 5.32 Å². The predicted octanol–water partition coefficient (Wildman–Crippen LogP) is 5.58. The topological polar surface area (TPSA) is 12.0 Å². The van der Waals surface area contributed by atoms with Crippen LogP contribution in [0.15, 0.2) is 46.9 Å². The average molecular weight is 325 g/mol. The second kappa shape index (κ2) is 5.77. The molecule has 0 spiro atoms. The molecular weight excluding hydrogens is 310 g/mol. The van der Waals surface area contributed by atoms with E-state index < -0.39 is 0 Å². The lowest BCUT2D eigenvalue weighted by Crippen LogP contribution is -2.08. The van der Waals surface area contributed by atoms with Gasteiger partial charge in [0.15, 0.2) is 0 Å². The lowest BCUT2D eigenvalue weighted by Gasteiger charge is -2.18. The molecule has 1 atom stereocenters. The molecule has 1 N–H and O–H groups in total. The summed E-state index contributed by atoms with van der Waals surface area (Å²) in [4.78, 5) is 0. The Morgan fingerprint density at radius 2 is 1.89 bits per heavy atom. The van der Waals surface area contributed by atoms with Crippen LogP contribution in [0.25, 0.3) is 0 Å². The zero-order valence-corrected chi connectivity index (χ0v) is 12.7. The Labute approximate surface area is 121 Å². The lowest BCUT2D eigenvalue weighted by molar-refractivity contribution is 0.882. The highest BCUT2D eigenvalue weighted by Crippen LogP contribution is 2.28. The third-order valence-corrected chi connectivity index (χ3v) is 3.78. The molecule has 94 valence electrons. The largest absolute Gasteiger partial charge is 0.378 e. The predicted molar refractivity (Wildman–Crippen MR) is 82.4 cm³/mol. The summed E-state index contributed by atoms with van der Waals surface area (Å²) in [6, 6.07) is 14.3. The van der Waals surface area contributed by atoms with Gasteiger partial charge in [0.1, 0.15) is 0 Å². The zero-order chi connectivity index (χ0) is 13.1. The fourth-order valence-corrected chi connectivity index (χ4v) is 2.55. The maximum absolute atomic E-state index is 6.21. The number of nitrogens with one attached hydrogen (secondary N) is 1. The number of halogens is 2. The van der Waals surface area contributed by atoms with Gasteiger partial charge in [-0.3, -0.25) is 0 Å². The molecule has 1 unspecified atom stereocenters. The first-order valence-electron chi connectivity index (χ1n) is 5.85. The van der Waals surface area contributed by atoms with Crippen LogP contribution in [0.5, 0.6) is 0 Å². The number of anilines is 1. The first-order chi connectivity index (χ1) is 8.58. The number of benzene rings is 2. The standard InChI is InChI=1S/C15H15BrClN/c1-10-7-8-12(16)9-15(10)18-11(2)13-5-3-4-6-14(13)17/h3-9,11,18H,1-2H3. The molecule has 0 aromatic heterocycles. The van der Waals surface area contributed by atoms with Crippen LogP contribution in [0, 0.1) is 6.92 Å². The van der Waals surface area contributed by atoms with Crippen molar-refractivity contribution in [3.8, 4) is 0 Å². The molecule has 0 fully saturated rings. The molecule has 2 rings (SSSR count). The lowest BCUT2D eigenvalue weighted by atomic mass is 10.1. The van der Waals surface area contributed by atoms with Crippen LogP contribution in [0.1, 0.15) is 24.1 Å². The Kier molecular flexibility index (Phi) is 4.31. The van der Waals surface area contributed by atoms with Crippen molar-refractivity contribution < 1.29 is 0 Å². The Balaban J connectivity index is 2.24. The van der Waals surface area contributed by atoms with Gasteiger partial charge in [0.25, 0.3) is 0 Å². The second-order valence-corrected chi connectivity index (χ2v) is 5.67. The smallest absolute Gasteiger partial charge is 0.0500 e. The third-order valence-electron chi connectivity index (χ3n) is 2.94. The van der Waals surface area contributed by atoms with Crippen LogP contribution in [0.2, 0.25) is 5.02 Å². The molecule has 2 aromatic rings. The van der Waals surface area contributed by atoms with Crippen LogP contribution in [0.3, 0.4) is 0 Å². The van der Waals surface area contributed by atoms with Crippen molar-refractivity contribution in [3.05, 3.63) is 63.1 Å². The third kappa shape index (κ3) is 3.06. The minimum absolute atomic E-state index is 0.173. The first-order valence-corrected chi connectivity index (χ1v) is 7.02. The molecule has 2 aromatic carbocycles. The van der Waals surface area contributed by atoms with E-state index in [2.05, 4.69) is 47.2 Å². The normalized spacial score (nSPS) is 12.2. The number of hydrogen-bond acceptors (Lipinski definition) is 1. The van der Waals surface area contributed by atoms with Crippen molar-refractivity contribution >= 4 is 33.2 Å². The SMILES string of the molecule is Cc1ccc(Br)cc1NC(C)c1ccccc1Cl. The highest BCUT2D eigenvalue weighted by Gasteiger charge is 2.10. The summed E-state index contributed by atoms with van der Waals surface area (Å²) in [6.45, 7) is 4.20. The van der Waals surface area contributed by atoms with Gasteiger partial charge in [0, 0.05) is 21.2 Å².